The molecule has 182 valence electrons. The Morgan fingerprint density at radius 3 is 2.10 bits per heavy atom. The van der Waals surface area contributed by atoms with Crippen LogP contribution in [0.15, 0.2) is 128 Å². The van der Waals surface area contributed by atoms with Crippen LogP contribution in [0.1, 0.15) is 0 Å². The second-order valence-corrected chi connectivity index (χ2v) is 11.1. The van der Waals surface area contributed by atoms with E-state index in [0.717, 1.165) is 5.69 Å². The first-order valence-electron chi connectivity index (χ1n) is 13.1. The summed E-state index contributed by atoms with van der Waals surface area (Å²) in [6.45, 7) is 0. The maximum atomic E-state index is 4.17. The molecule has 0 unspecified atom stereocenters. The predicted molar refractivity (Wildman–Crippen MR) is 165 cm³/mol. The Morgan fingerprint density at radius 2 is 1.23 bits per heavy atom. The van der Waals surface area contributed by atoms with Crippen LogP contribution in [0, 0.1) is 0 Å². The summed E-state index contributed by atoms with van der Waals surface area (Å²) in [5.41, 5.74) is 9.61. The van der Waals surface area contributed by atoms with E-state index in [1.807, 2.05) is 23.7 Å². The van der Waals surface area contributed by atoms with Crippen LogP contribution in [0.5, 0.6) is 0 Å². The lowest BCUT2D eigenvalue weighted by molar-refractivity contribution is 1.11. The van der Waals surface area contributed by atoms with Gasteiger partial charge in [0.2, 0.25) is 0 Å². The SMILES string of the molecule is c1ccc2c(c1)N(c1ccc(-c3ccncc3)cc1)c1cccc3c4c5c(ccc4n-2c13)sc1ccccc15. The van der Waals surface area contributed by atoms with Crippen LogP contribution >= 0.6 is 11.3 Å². The summed E-state index contributed by atoms with van der Waals surface area (Å²) in [6, 6.07) is 41.9. The molecule has 5 aromatic carbocycles. The molecule has 4 heterocycles. The quantitative estimate of drug-likeness (QED) is 0.228. The molecule has 0 bridgehead atoms. The summed E-state index contributed by atoms with van der Waals surface area (Å²) < 4.78 is 5.15. The van der Waals surface area contributed by atoms with E-state index >= 15 is 0 Å². The van der Waals surface area contributed by atoms with Crippen molar-refractivity contribution in [1.82, 2.24) is 9.55 Å². The minimum absolute atomic E-state index is 1.15. The molecule has 0 fully saturated rings. The molecule has 0 spiro atoms. The molecule has 0 atom stereocenters. The van der Waals surface area contributed by atoms with Gasteiger partial charge in [0.15, 0.2) is 0 Å². The Morgan fingerprint density at radius 1 is 0.513 bits per heavy atom. The largest absolute Gasteiger partial charge is 0.306 e. The van der Waals surface area contributed by atoms with Crippen LogP contribution in [0.3, 0.4) is 0 Å². The van der Waals surface area contributed by atoms with Gasteiger partial charge < -0.3 is 9.47 Å². The highest BCUT2D eigenvalue weighted by Crippen LogP contribution is 2.51. The van der Waals surface area contributed by atoms with Gasteiger partial charge in [0.25, 0.3) is 0 Å². The molecule has 9 rings (SSSR count). The molecule has 39 heavy (non-hydrogen) atoms. The lowest BCUT2D eigenvalue weighted by atomic mass is 10.0. The fourth-order valence-electron chi connectivity index (χ4n) is 6.38. The zero-order valence-electron chi connectivity index (χ0n) is 20.9. The van der Waals surface area contributed by atoms with Gasteiger partial charge in [-0.3, -0.25) is 4.98 Å². The molecule has 0 saturated heterocycles. The van der Waals surface area contributed by atoms with Crippen molar-refractivity contribution in [1.29, 1.82) is 0 Å². The summed E-state index contributed by atoms with van der Waals surface area (Å²) in [5, 5.41) is 5.33. The molecule has 3 aromatic heterocycles. The number of aromatic nitrogens is 2. The van der Waals surface area contributed by atoms with Gasteiger partial charge in [-0.15, -0.1) is 11.3 Å². The third kappa shape index (κ3) is 2.84. The number of benzene rings is 5. The number of hydrogen-bond acceptors (Lipinski definition) is 3. The summed E-state index contributed by atoms with van der Waals surface area (Å²) >= 11 is 1.88. The molecule has 0 radical (unpaired) electrons. The number of para-hydroxylation sites is 3. The van der Waals surface area contributed by atoms with E-state index in [-0.39, 0.29) is 0 Å². The van der Waals surface area contributed by atoms with Crippen LogP contribution in [0.4, 0.5) is 17.1 Å². The summed E-state index contributed by atoms with van der Waals surface area (Å²) in [7, 11) is 0. The van der Waals surface area contributed by atoms with Gasteiger partial charge in [-0.25, -0.2) is 0 Å². The molecule has 1 aliphatic rings. The molecule has 0 aliphatic carbocycles. The maximum absolute atomic E-state index is 4.17. The second-order valence-electron chi connectivity index (χ2n) is 10.0. The Bertz CT molecular complexity index is 2220. The summed E-state index contributed by atoms with van der Waals surface area (Å²) in [6.07, 6.45) is 3.69. The Labute approximate surface area is 228 Å². The number of thiophene rings is 1. The third-order valence-electron chi connectivity index (χ3n) is 8.01. The maximum Gasteiger partial charge on any atom is 0.0783 e. The van der Waals surface area contributed by atoms with Gasteiger partial charge in [0.1, 0.15) is 0 Å². The summed E-state index contributed by atoms with van der Waals surface area (Å²) in [4.78, 5) is 6.58. The van der Waals surface area contributed by atoms with Gasteiger partial charge in [0.05, 0.1) is 28.1 Å². The Kier molecular flexibility index (Phi) is 4.21. The molecule has 0 saturated carbocycles. The molecular weight excluding hydrogens is 494 g/mol. The van der Waals surface area contributed by atoms with Gasteiger partial charge in [-0.05, 0) is 71.8 Å². The van der Waals surface area contributed by atoms with Gasteiger partial charge in [-0.1, -0.05) is 54.6 Å². The van der Waals surface area contributed by atoms with Gasteiger partial charge in [0, 0.05) is 49.0 Å². The van der Waals surface area contributed by atoms with Crippen LogP contribution in [0.25, 0.3) is 58.8 Å². The standard InChI is InChI=1S/C35H21N3S/c1-4-11-31-25(6-1)34-32(39-31)17-16-29-33(34)26-7-5-10-30-35(26)38(29)28-9-3-2-8-27(28)37(30)24-14-12-22(13-15-24)23-18-20-36-21-19-23/h1-21H. The van der Waals surface area contributed by atoms with Crippen molar-refractivity contribution < 1.29 is 0 Å². The zero-order chi connectivity index (χ0) is 25.5. The van der Waals surface area contributed by atoms with Crippen molar-refractivity contribution in [2.24, 2.45) is 0 Å². The molecule has 4 heteroatoms. The van der Waals surface area contributed by atoms with E-state index < -0.39 is 0 Å². The zero-order valence-corrected chi connectivity index (χ0v) is 21.7. The minimum atomic E-state index is 1.15. The Balaban J connectivity index is 1.37. The summed E-state index contributed by atoms with van der Waals surface area (Å²) in [5.74, 6) is 0. The lowest BCUT2D eigenvalue weighted by Gasteiger charge is -2.33. The molecule has 3 nitrogen and oxygen atoms in total. The number of pyridine rings is 1. The fourth-order valence-corrected chi connectivity index (χ4v) is 7.50. The average Bonchev–Trinajstić information content (AvgIpc) is 3.55. The fraction of sp³-hybridized carbons (Fsp3) is 0. The normalized spacial score (nSPS) is 12.6. The third-order valence-corrected chi connectivity index (χ3v) is 9.15. The van der Waals surface area contributed by atoms with Crippen molar-refractivity contribution in [2.75, 3.05) is 4.90 Å². The van der Waals surface area contributed by atoms with Crippen molar-refractivity contribution in [3.05, 3.63) is 128 Å². The van der Waals surface area contributed by atoms with E-state index in [1.165, 1.54) is 70.2 Å². The number of rotatable bonds is 2. The van der Waals surface area contributed by atoms with E-state index in [2.05, 4.69) is 130 Å². The monoisotopic (exact) mass is 515 g/mol. The molecule has 8 aromatic rings. The lowest BCUT2D eigenvalue weighted by Crippen LogP contribution is -2.17. The molecule has 0 N–H and O–H groups in total. The van der Waals surface area contributed by atoms with E-state index in [0.29, 0.717) is 0 Å². The van der Waals surface area contributed by atoms with Gasteiger partial charge >= 0.3 is 0 Å². The average molecular weight is 516 g/mol. The van der Waals surface area contributed by atoms with E-state index in [4.69, 9.17) is 0 Å². The van der Waals surface area contributed by atoms with Crippen molar-refractivity contribution in [3.8, 4) is 16.8 Å². The number of nitrogens with zero attached hydrogens (tertiary/aromatic N) is 3. The number of hydrogen-bond donors (Lipinski definition) is 0. The first kappa shape index (κ1) is 21.1. The van der Waals surface area contributed by atoms with E-state index in [1.54, 1.807) is 0 Å². The van der Waals surface area contributed by atoms with Crippen LogP contribution < -0.4 is 4.90 Å². The predicted octanol–water partition coefficient (Wildman–Crippen LogP) is 10.00. The smallest absolute Gasteiger partial charge is 0.0783 e. The van der Waals surface area contributed by atoms with Crippen LogP contribution in [-0.4, -0.2) is 9.55 Å². The molecule has 1 aliphatic heterocycles. The van der Waals surface area contributed by atoms with Crippen LogP contribution in [0.2, 0.25) is 0 Å². The van der Waals surface area contributed by atoms with Crippen molar-refractivity contribution >= 4 is 70.4 Å². The van der Waals surface area contributed by atoms with E-state index in [9.17, 15) is 0 Å². The number of fused-ring (bicyclic) bond motifs is 9. The highest BCUT2D eigenvalue weighted by Gasteiger charge is 2.29. The minimum Gasteiger partial charge on any atom is -0.306 e. The van der Waals surface area contributed by atoms with Crippen molar-refractivity contribution in [3.63, 3.8) is 0 Å². The first-order valence-corrected chi connectivity index (χ1v) is 14.0. The second kappa shape index (κ2) is 7.79. The molecule has 0 amide bonds. The van der Waals surface area contributed by atoms with Gasteiger partial charge in [-0.2, -0.15) is 0 Å². The topological polar surface area (TPSA) is 21.1 Å². The Hall–Kier alpha value is -4.93. The highest BCUT2D eigenvalue weighted by molar-refractivity contribution is 7.26. The number of anilines is 3. The van der Waals surface area contributed by atoms with Crippen LogP contribution in [-0.2, 0) is 0 Å². The first-order chi connectivity index (χ1) is 19.4. The van der Waals surface area contributed by atoms with Crippen molar-refractivity contribution in [2.45, 2.75) is 0 Å². The highest BCUT2D eigenvalue weighted by atomic mass is 32.1. The molecular formula is C35H21N3S.